The number of carbonyl (C=O) groups excluding carboxylic acids is 1. The molecular weight excluding hydrogens is 246 g/mol. The summed E-state index contributed by atoms with van der Waals surface area (Å²) in [6, 6.07) is 7.16. The quantitative estimate of drug-likeness (QED) is 0.624. The van der Waals surface area contributed by atoms with E-state index in [1.165, 1.54) is 11.3 Å². The van der Waals surface area contributed by atoms with E-state index in [1.807, 2.05) is 11.4 Å². The maximum Gasteiger partial charge on any atom is 0.339 e. The lowest BCUT2D eigenvalue weighted by molar-refractivity contribution is 0.0299. The first-order valence-electron chi connectivity index (χ1n) is 5.39. The Bertz CT molecular complexity index is 543. The molecule has 0 aliphatic rings. The number of carbonyl (C=O) groups is 1. The molecule has 2 heterocycles. The molecule has 0 spiro atoms. The Kier molecular flexibility index (Phi) is 4.11. The van der Waals surface area contributed by atoms with Gasteiger partial charge in [-0.25, -0.2) is 4.79 Å². The monoisotopic (exact) mass is 257 g/mol. The number of pyridine rings is 1. The summed E-state index contributed by atoms with van der Waals surface area (Å²) in [5.74, 6) is 2.13. The van der Waals surface area contributed by atoms with Gasteiger partial charge in [-0.05, 0) is 23.6 Å². The number of aromatic nitrogens is 1. The molecule has 0 saturated heterocycles. The average molecular weight is 257 g/mol. The van der Waals surface area contributed by atoms with Gasteiger partial charge in [0.25, 0.3) is 0 Å². The Morgan fingerprint density at radius 2 is 2.39 bits per heavy atom. The fourth-order valence-electron chi connectivity index (χ4n) is 1.46. The van der Waals surface area contributed by atoms with Crippen LogP contribution in [0.3, 0.4) is 0 Å². The largest absolute Gasteiger partial charge is 0.451 e. The van der Waals surface area contributed by atoms with Gasteiger partial charge in [0.1, 0.15) is 0 Å². The number of nitrogens with zero attached hydrogens (tertiary/aromatic N) is 1. The SMILES string of the molecule is C#CC[C@H](OC(=O)c1ccsc1)c1ccccn1. The van der Waals surface area contributed by atoms with Crippen LogP contribution < -0.4 is 0 Å². The van der Waals surface area contributed by atoms with Gasteiger partial charge in [0, 0.05) is 11.6 Å². The van der Waals surface area contributed by atoms with Crippen molar-refractivity contribution in [1.29, 1.82) is 0 Å². The molecular formula is C14H11NO2S. The van der Waals surface area contributed by atoms with Crippen molar-refractivity contribution in [1.82, 2.24) is 4.98 Å². The molecule has 90 valence electrons. The van der Waals surface area contributed by atoms with E-state index >= 15 is 0 Å². The van der Waals surface area contributed by atoms with Crippen molar-refractivity contribution in [2.75, 3.05) is 0 Å². The summed E-state index contributed by atoms with van der Waals surface area (Å²) in [5, 5.41) is 3.57. The zero-order valence-corrected chi connectivity index (χ0v) is 10.4. The third-order valence-electron chi connectivity index (χ3n) is 2.33. The molecule has 0 radical (unpaired) electrons. The fraction of sp³-hybridized carbons (Fsp3) is 0.143. The Hall–Kier alpha value is -2.12. The molecule has 0 amide bonds. The maximum atomic E-state index is 11.9. The third-order valence-corrected chi connectivity index (χ3v) is 3.01. The van der Waals surface area contributed by atoms with Gasteiger partial charge < -0.3 is 4.74 Å². The van der Waals surface area contributed by atoms with Gasteiger partial charge in [-0.3, -0.25) is 4.98 Å². The van der Waals surface area contributed by atoms with Gasteiger partial charge in [-0.1, -0.05) is 6.07 Å². The first kappa shape index (κ1) is 12.3. The summed E-state index contributed by atoms with van der Waals surface area (Å²) in [6.45, 7) is 0. The standard InChI is InChI=1S/C14H11NO2S/c1-2-5-13(12-6-3-4-8-15-12)17-14(16)11-7-9-18-10-11/h1,3-4,6-10,13H,5H2/t13-/m0/s1. The minimum absolute atomic E-state index is 0.312. The maximum absolute atomic E-state index is 11.9. The van der Waals surface area contributed by atoms with E-state index in [0.717, 1.165) is 0 Å². The van der Waals surface area contributed by atoms with Crippen LogP contribution in [0.25, 0.3) is 0 Å². The Labute approximate surface area is 109 Å². The van der Waals surface area contributed by atoms with Crippen LogP contribution in [0.1, 0.15) is 28.6 Å². The summed E-state index contributed by atoms with van der Waals surface area (Å²) in [4.78, 5) is 16.0. The highest BCUT2D eigenvalue weighted by Gasteiger charge is 2.18. The second-order valence-corrected chi connectivity index (χ2v) is 4.35. The molecule has 2 aromatic heterocycles. The summed E-state index contributed by atoms with van der Waals surface area (Å²) >= 11 is 1.45. The van der Waals surface area contributed by atoms with Crippen molar-refractivity contribution < 1.29 is 9.53 Å². The second-order valence-electron chi connectivity index (χ2n) is 3.57. The molecule has 0 aliphatic heterocycles. The predicted octanol–water partition coefficient (Wildman–Crippen LogP) is 3.06. The van der Waals surface area contributed by atoms with E-state index in [-0.39, 0.29) is 5.97 Å². The van der Waals surface area contributed by atoms with Gasteiger partial charge in [0.15, 0.2) is 6.10 Å². The summed E-state index contributed by atoms with van der Waals surface area (Å²) in [7, 11) is 0. The van der Waals surface area contributed by atoms with E-state index in [9.17, 15) is 4.79 Å². The Balaban J connectivity index is 2.13. The average Bonchev–Trinajstić information content (AvgIpc) is 2.93. The lowest BCUT2D eigenvalue weighted by Crippen LogP contribution is -2.12. The predicted molar refractivity (Wildman–Crippen MR) is 70.2 cm³/mol. The zero-order chi connectivity index (χ0) is 12.8. The molecule has 0 unspecified atom stereocenters. The molecule has 1 atom stereocenters. The van der Waals surface area contributed by atoms with Crippen LogP contribution in [-0.4, -0.2) is 11.0 Å². The van der Waals surface area contributed by atoms with Crippen LogP contribution in [0.5, 0.6) is 0 Å². The Morgan fingerprint density at radius 3 is 3.00 bits per heavy atom. The highest BCUT2D eigenvalue weighted by molar-refractivity contribution is 7.08. The topological polar surface area (TPSA) is 39.2 Å². The number of esters is 1. The van der Waals surface area contributed by atoms with Crippen LogP contribution in [-0.2, 0) is 4.74 Å². The fourth-order valence-corrected chi connectivity index (χ4v) is 2.08. The number of hydrogen-bond acceptors (Lipinski definition) is 4. The van der Waals surface area contributed by atoms with Crippen LogP contribution in [0.2, 0.25) is 0 Å². The van der Waals surface area contributed by atoms with Gasteiger partial charge in [-0.2, -0.15) is 11.3 Å². The van der Waals surface area contributed by atoms with Crippen molar-refractivity contribution >= 4 is 17.3 Å². The third kappa shape index (κ3) is 2.96. The highest BCUT2D eigenvalue weighted by atomic mass is 32.1. The minimum atomic E-state index is -0.497. The zero-order valence-electron chi connectivity index (χ0n) is 9.58. The van der Waals surface area contributed by atoms with Crippen molar-refractivity contribution in [3.63, 3.8) is 0 Å². The van der Waals surface area contributed by atoms with Gasteiger partial charge >= 0.3 is 5.97 Å². The van der Waals surface area contributed by atoms with Crippen molar-refractivity contribution in [3.8, 4) is 12.3 Å². The Morgan fingerprint density at radius 1 is 1.50 bits per heavy atom. The number of rotatable bonds is 4. The molecule has 0 aromatic carbocycles. The lowest BCUT2D eigenvalue weighted by Gasteiger charge is -2.14. The molecule has 0 N–H and O–H groups in total. The number of ether oxygens (including phenoxy) is 1. The normalized spacial score (nSPS) is 11.5. The molecule has 0 saturated carbocycles. The summed E-state index contributed by atoms with van der Waals surface area (Å²) in [6.07, 6.45) is 6.76. The molecule has 18 heavy (non-hydrogen) atoms. The van der Waals surface area contributed by atoms with Gasteiger partial charge in [-0.15, -0.1) is 12.3 Å². The van der Waals surface area contributed by atoms with Crippen molar-refractivity contribution in [3.05, 3.63) is 52.5 Å². The molecule has 0 aliphatic carbocycles. The van der Waals surface area contributed by atoms with Gasteiger partial charge in [0.2, 0.25) is 0 Å². The van der Waals surface area contributed by atoms with Crippen molar-refractivity contribution in [2.24, 2.45) is 0 Å². The lowest BCUT2D eigenvalue weighted by atomic mass is 10.1. The molecule has 4 heteroatoms. The molecule has 3 nitrogen and oxygen atoms in total. The number of hydrogen-bond donors (Lipinski definition) is 0. The van der Waals surface area contributed by atoms with Crippen LogP contribution in [0, 0.1) is 12.3 Å². The molecule has 0 bridgehead atoms. The van der Waals surface area contributed by atoms with Crippen LogP contribution in [0.15, 0.2) is 41.2 Å². The van der Waals surface area contributed by atoms with Crippen LogP contribution >= 0.6 is 11.3 Å². The first-order valence-corrected chi connectivity index (χ1v) is 6.33. The summed E-state index contributed by atoms with van der Waals surface area (Å²) < 4.78 is 5.38. The van der Waals surface area contributed by atoms with E-state index in [2.05, 4.69) is 10.9 Å². The second kappa shape index (κ2) is 5.99. The highest BCUT2D eigenvalue weighted by Crippen LogP contribution is 2.21. The van der Waals surface area contributed by atoms with E-state index in [0.29, 0.717) is 17.7 Å². The first-order chi connectivity index (χ1) is 8.81. The molecule has 2 aromatic rings. The van der Waals surface area contributed by atoms with Crippen molar-refractivity contribution in [2.45, 2.75) is 12.5 Å². The smallest absolute Gasteiger partial charge is 0.339 e. The number of thiophene rings is 1. The number of terminal acetylenes is 1. The van der Waals surface area contributed by atoms with E-state index < -0.39 is 6.10 Å². The minimum Gasteiger partial charge on any atom is -0.451 e. The van der Waals surface area contributed by atoms with E-state index in [4.69, 9.17) is 11.2 Å². The molecule has 2 rings (SSSR count). The van der Waals surface area contributed by atoms with Gasteiger partial charge in [0.05, 0.1) is 17.7 Å². The summed E-state index contributed by atoms with van der Waals surface area (Å²) in [5.41, 5.74) is 1.21. The van der Waals surface area contributed by atoms with E-state index in [1.54, 1.807) is 29.8 Å². The van der Waals surface area contributed by atoms with Crippen LogP contribution in [0.4, 0.5) is 0 Å². The molecule has 0 fully saturated rings.